The lowest BCUT2D eigenvalue weighted by atomic mass is 9.79. The first-order chi connectivity index (χ1) is 15.4. The number of aliphatic carboxylic acids is 1. The number of hydrogen-bond donors (Lipinski definition) is 6. The molecule has 0 aliphatic rings. The normalized spacial score (nSPS) is 15.4. The highest BCUT2D eigenvalue weighted by molar-refractivity contribution is 7.80. The van der Waals surface area contributed by atoms with Gasteiger partial charge in [-0.05, 0) is 46.1 Å². The number of carbonyl (C=O) groups is 4. The Kier molecular flexibility index (Phi) is 15.5. The van der Waals surface area contributed by atoms with Gasteiger partial charge in [-0.3, -0.25) is 19.2 Å². The topological polar surface area (TPSA) is 145 Å². The summed E-state index contributed by atoms with van der Waals surface area (Å²) in [5.41, 5.74) is -0.780. The van der Waals surface area contributed by atoms with Crippen LogP contribution >= 0.6 is 12.6 Å². The summed E-state index contributed by atoms with van der Waals surface area (Å²) in [6.45, 7) is 9.92. The molecule has 0 aromatic rings. The molecule has 192 valence electrons. The van der Waals surface area contributed by atoms with E-state index >= 15 is 0 Å². The zero-order chi connectivity index (χ0) is 25.6. The number of rotatable bonds is 19. The molecule has 0 aliphatic heterocycles. The van der Waals surface area contributed by atoms with Crippen LogP contribution < -0.4 is 16.0 Å². The number of carboxylic acids is 1. The molecule has 4 atom stereocenters. The first-order valence-corrected chi connectivity index (χ1v) is 12.4. The van der Waals surface area contributed by atoms with Crippen LogP contribution in [0, 0.1) is 5.92 Å². The number of aliphatic hydroxyl groups is 1. The lowest BCUT2D eigenvalue weighted by Gasteiger charge is -2.37. The Morgan fingerprint density at radius 2 is 1.52 bits per heavy atom. The van der Waals surface area contributed by atoms with Crippen LogP contribution in [0.25, 0.3) is 0 Å². The molecule has 0 aromatic heterocycles. The van der Waals surface area contributed by atoms with Crippen LogP contribution in [0.5, 0.6) is 0 Å². The Bertz CT molecular complexity index is 644. The van der Waals surface area contributed by atoms with E-state index in [9.17, 15) is 29.4 Å². The van der Waals surface area contributed by atoms with Gasteiger partial charge < -0.3 is 26.2 Å². The van der Waals surface area contributed by atoms with Gasteiger partial charge in [0.05, 0.1) is 6.04 Å². The predicted octanol–water partition coefficient (Wildman–Crippen LogP) is 1.33. The summed E-state index contributed by atoms with van der Waals surface area (Å²) in [4.78, 5) is 49.2. The van der Waals surface area contributed by atoms with E-state index in [2.05, 4.69) is 28.6 Å². The summed E-state index contributed by atoms with van der Waals surface area (Å²) >= 11 is 4.10. The maximum absolute atomic E-state index is 13.0. The van der Waals surface area contributed by atoms with Crippen molar-refractivity contribution in [2.24, 2.45) is 5.92 Å². The fourth-order valence-corrected chi connectivity index (χ4v) is 4.07. The largest absolute Gasteiger partial charge is 0.480 e. The highest BCUT2D eigenvalue weighted by Crippen LogP contribution is 2.25. The lowest BCUT2D eigenvalue weighted by Crippen LogP contribution is -2.57. The van der Waals surface area contributed by atoms with Crippen molar-refractivity contribution in [2.45, 2.75) is 96.9 Å². The van der Waals surface area contributed by atoms with Crippen LogP contribution in [0.1, 0.15) is 73.1 Å². The molecule has 4 unspecified atom stereocenters. The van der Waals surface area contributed by atoms with E-state index in [1.165, 1.54) is 0 Å². The van der Waals surface area contributed by atoms with Gasteiger partial charge in [-0.25, -0.2) is 0 Å². The highest BCUT2D eigenvalue weighted by atomic mass is 32.1. The first-order valence-electron chi connectivity index (χ1n) is 11.8. The van der Waals surface area contributed by atoms with Gasteiger partial charge in [0.25, 0.3) is 0 Å². The highest BCUT2D eigenvalue weighted by Gasteiger charge is 2.37. The number of thiol groups is 1. The number of Topliss-reactive ketones (excluding diaryl/α,β-unsaturated/α-hetero) is 2. The van der Waals surface area contributed by atoms with Crippen molar-refractivity contribution in [1.82, 2.24) is 16.0 Å². The maximum Gasteiger partial charge on any atom is 0.320 e. The molecule has 9 nitrogen and oxygen atoms in total. The van der Waals surface area contributed by atoms with Gasteiger partial charge >= 0.3 is 5.97 Å². The van der Waals surface area contributed by atoms with Crippen molar-refractivity contribution in [3.05, 3.63) is 0 Å². The SMILES string of the molecule is CCNC(CCC(=O)C(CC)C(C)(C)NC(CCC(=O)C(O)CC)C(=O)NCCS)C(=O)O. The van der Waals surface area contributed by atoms with E-state index in [0.29, 0.717) is 31.7 Å². The standard InChI is InChI=1S/C23H43N3O6S/c1-6-15(19(28)11-10-17(22(31)32)24-8-3)23(4,5)26-16(21(30)25-13-14-33)9-12-20(29)18(27)7-2/h15-18,24,26-27,33H,6-14H2,1-5H3,(H,25,30)(H,31,32). The van der Waals surface area contributed by atoms with E-state index < -0.39 is 35.6 Å². The monoisotopic (exact) mass is 489 g/mol. The third kappa shape index (κ3) is 11.5. The molecule has 0 rings (SSSR count). The van der Waals surface area contributed by atoms with Crippen LogP contribution in [0.3, 0.4) is 0 Å². The number of aliphatic hydroxyl groups excluding tert-OH is 1. The van der Waals surface area contributed by atoms with Gasteiger partial charge in [-0.15, -0.1) is 0 Å². The second kappa shape index (κ2) is 16.2. The van der Waals surface area contributed by atoms with Crippen LogP contribution in [-0.2, 0) is 19.2 Å². The zero-order valence-electron chi connectivity index (χ0n) is 20.6. The van der Waals surface area contributed by atoms with Gasteiger partial charge in [0.1, 0.15) is 17.9 Å². The summed E-state index contributed by atoms with van der Waals surface area (Å²) in [6.07, 6.45) is 0.272. The van der Waals surface area contributed by atoms with Crippen molar-refractivity contribution in [2.75, 3.05) is 18.8 Å². The molecule has 0 aliphatic carbocycles. The molecule has 0 fully saturated rings. The minimum absolute atomic E-state index is 0.0325. The number of hydrogen-bond acceptors (Lipinski definition) is 8. The van der Waals surface area contributed by atoms with E-state index in [1.54, 1.807) is 6.92 Å². The Morgan fingerprint density at radius 3 is 2.00 bits per heavy atom. The van der Waals surface area contributed by atoms with Crippen molar-refractivity contribution in [3.63, 3.8) is 0 Å². The fraction of sp³-hybridized carbons (Fsp3) is 0.826. The quantitative estimate of drug-likeness (QED) is 0.149. The Morgan fingerprint density at radius 1 is 0.939 bits per heavy atom. The summed E-state index contributed by atoms with van der Waals surface area (Å²) < 4.78 is 0. The molecule has 1 amide bonds. The molecule has 0 radical (unpaired) electrons. The van der Waals surface area contributed by atoms with Crippen molar-refractivity contribution < 1.29 is 29.4 Å². The fourth-order valence-electron chi connectivity index (χ4n) is 3.96. The summed E-state index contributed by atoms with van der Waals surface area (Å²) in [7, 11) is 0. The molecular weight excluding hydrogens is 446 g/mol. The Hall–Kier alpha value is -1.49. The third-order valence-electron chi connectivity index (χ3n) is 5.81. The summed E-state index contributed by atoms with van der Waals surface area (Å²) in [5.74, 6) is -1.68. The van der Waals surface area contributed by atoms with Gasteiger partial charge in [-0.1, -0.05) is 20.8 Å². The molecule has 0 heterocycles. The number of carbonyl (C=O) groups excluding carboxylic acids is 3. The molecule has 10 heteroatoms. The first kappa shape index (κ1) is 31.5. The summed E-state index contributed by atoms with van der Waals surface area (Å²) in [6, 6.07) is -1.52. The van der Waals surface area contributed by atoms with E-state index in [1.807, 2.05) is 27.7 Å². The third-order valence-corrected chi connectivity index (χ3v) is 6.03. The number of likely N-dealkylation sites (N-methyl/N-ethyl adjacent to an activating group) is 1. The number of nitrogens with one attached hydrogen (secondary N) is 3. The van der Waals surface area contributed by atoms with Gasteiger partial charge in [-0.2, -0.15) is 12.6 Å². The predicted molar refractivity (Wildman–Crippen MR) is 132 cm³/mol. The maximum atomic E-state index is 13.0. The van der Waals surface area contributed by atoms with Gasteiger partial charge in [0.2, 0.25) is 5.91 Å². The van der Waals surface area contributed by atoms with Crippen LogP contribution in [0.4, 0.5) is 0 Å². The molecule has 5 N–H and O–H groups in total. The van der Waals surface area contributed by atoms with Gasteiger partial charge in [0.15, 0.2) is 5.78 Å². The Labute approximate surface area is 203 Å². The number of amides is 1. The zero-order valence-corrected chi connectivity index (χ0v) is 21.5. The number of ketones is 2. The van der Waals surface area contributed by atoms with E-state index in [0.717, 1.165) is 0 Å². The molecule has 0 aromatic carbocycles. The minimum Gasteiger partial charge on any atom is -0.480 e. The molecule has 0 bridgehead atoms. The van der Waals surface area contributed by atoms with Crippen molar-refractivity contribution in [3.8, 4) is 0 Å². The smallest absolute Gasteiger partial charge is 0.320 e. The van der Waals surface area contributed by atoms with Crippen LogP contribution in [0.2, 0.25) is 0 Å². The molecular formula is C23H43N3O6S. The van der Waals surface area contributed by atoms with E-state index in [-0.39, 0.29) is 43.2 Å². The van der Waals surface area contributed by atoms with Gasteiger partial charge in [0, 0.05) is 36.6 Å². The number of carboxylic acid groups (broad SMARTS) is 1. The molecule has 0 spiro atoms. The minimum atomic E-state index is -1.05. The summed E-state index contributed by atoms with van der Waals surface area (Å²) in [5, 5.41) is 27.9. The molecule has 0 saturated heterocycles. The Balaban J connectivity index is 5.39. The second-order valence-corrected chi connectivity index (χ2v) is 9.22. The lowest BCUT2D eigenvalue weighted by molar-refractivity contribution is -0.140. The van der Waals surface area contributed by atoms with Crippen LogP contribution in [-0.4, -0.2) is 76.2 Å². The van der Waals surface area contributed by atoms with E-state index in [4.69, 9.17) is 0 Å². The van der Waals surface area contributed by atoms with Crippen LogP contribution in [0.15, 0.2) is 0 Å². The molecule has 33 heavy (non-hydrogen) atoms. The van der Waals surface area contributed by atoms with Crippen molar-refractivity contribution >= 4 is 36.1 Å². The average molecular weight is 490 g/mol. The molecule has 0 saturated carbocycles. The average Bonchev–Trinajstić information content (AvgIpc) is 2.76. The van der Waals surface area contributed by atoms with Crippen molar-refractivity contribution in [1.29, 1.82) is 0 Å². The second-order valence-electron chi connectivity index (χ2n) is 8.78.